The van der Waals surface area contributed by atoms with Gasteiger partial charge in [0.15, 0.2) is 0 Å². The summed E-state index contributed by atoms with van der Waals surface area (Å²) in [5.41, 5.74) is 2.49. The minimum Gasteiger partial charge on any atom is -0.487 e. The molecule has 1 heterocycles. The normalized spacial score (nSPS) is 15.3. The predicted octanol–water partition coefficient (Wildman–Crippen LogP) is 6.73. The van der Waals surface area contributed by atoms with Crippen molar-refractivity contribution in [3.63, 3.8) is 0 Å². The van der Waals surface area contributed by atoms with Crippen molar-refractivity contribution in [3.05, 3.63) is 79.1 Å². The minimum atomic E-state index is -0.306. The average molecular weight is 513 g/mol. The Kier molecular flexibility index (Phi) is 7.11. The van der Waals surface area contributed by atoms with Crippen molar-refractivity contribution in [2.45, 2.75) is 13.0 Å². The lowest BCUT2D eigenvalue weighted by molar-refractivity contribution is -0.121. The Balaban J connectivity index is 1.89. The Morgan fingerprint density at radius 3 is 2.59 bits per heavy atom. The summed E-state index contributed by atoms with van der Waals surface area (Å²) >= 11 is 16.6. The predicted molar refractivity (Wildman–Crippen MR) is 123 cm³/mol. The van der Waals surface area contributed by atoms with Gasteiger partial charge in [-0.15, -0.1) is 6.58 Å². The molecule has 0 spiro atoms. The molecule has 0 unspecified atom stereocenters. The number of benzene rings is 2. The van der Waals surface area contributed by atoms with Crippen LogP contribution in [-0.2, 0) is 17.8 Å². The maximum absolute atomic E-state index is 12.1. The first-order valence-electron chi connectivity index (χ1n) is 8.51. The molecular weight excluding hydrogens is 497 g/mol. The fourth-order valence-electron chi connectivity index (χ4n) is 2.71. The molecule has 150 valence electrons. The number of ether oxygens (including phenoxy) is 1. The molecule has 29 heavy (non-hydrogen) atoms. The second-order valence-electron chi connectivity index (χ2n) is 6.25. The van der Waals surface area contributed by atoms with Gasteiger partial charge in [-0.25, -0.2) is 0 Å². The van der Waals surface area contributed by atoms with Crippen molar-refractivity contribution in [1.82, 2.24) is 4.90 Å². The van der Waals surface area contributed by atoms with Crippen molar-refractivity contribution >= 4 is 68.1 Å². The molecule has 0 bridgehead atoms. The molecular formula is C21H16BrCl2NO3S. The van der Waals surface area contributed by atoms with E-state index in [1.807, 2.05) is 18.2 Å². The molecule has 0 saturated carbocycles. The van der Waals surface area contributed by atoms with E-state index in [0.29, 0.717) is 27.1 Å². The quantitative estimate of drug-likeness (QED) is 0.318. The van der Waals surface area contributed by atoms with E-state index in [4.69, 9.17) is 27.9 Å². The Morgan fingerprint density at radius 2 is 1.97 bits per heavy atom. The van der Waals surface area contributed by atoms with Crippen molar-refractivity contribution in [3.8, 4) is 5.75 Å². The van der Waals surface area contributed by atoms with Crippen LogP contribution in [0.25, 0.3) is 6.08 Å². The van der Waals surface area contributed by atoms with Gasteiger partial charge in [-0.05, 0) is 75.6 Å². The Bertz CT molecular complexity index is 1040. The number of carbonyl (C=O) groups excluding carboxylic acids is 2. The molecule has 0 radical (unpaired) electrons. The Hall–Kier alpha value is -1.73. The molecule has 0 atom stereocenters. The van der Waals surface area contributed by atoms with Gasteiger partial charge in [0.25, 0.3) is 11.1 Å². The molecule has 8 heteroatoms. The summed E-state index contributed by atoms with van der Waals surface area (Å²) in [6.07, 6.45) is 4.04. The first kappa shape index (κ1) is 22.0. The second kappa shape index (κ2) is 9.39. The van der Waals surface area contributed by atoms with Gasteiger partial charge in [0.2, 0.25) is 0 Å². The summed E-state index contributed by atoms with van der Waals surface area (Å²) in [6, 6.07) is 9.01. The van der Waals surface area contributed by atoms with Crippen LogP contribution in [0.5, 0.6) is 5.75 Å². The highest BCUT2D eigenvalue weighted by atomic mass is 79.9. The number of rotatable bonds is 6. The largest absolute Gasteiger partial charge is 0.487 e. The van der Waals surface area contributed by atoms with Gasteiger partial charge in [0.1, 0.15) is 12.4 Å². The Morgan fingerprint density at radius 1 is 1.21 bits per heavy atom. The highest BCUT2D eigenvalue weighted by Gasteiger charge is 2.31. The molecule has 2 amide bonds. The van der Waals surface area contributed by atoms with E-state index in [0.717, 1.165) is 37.8 Å². The lowest BCUT2D eigenvalue weighted by atomic mass is 10.1. The molecule has 1 saturated heterocycles. The Labute approximate surface area is 191 Å². The van der Waals surface area contributed by atoms with Crippen LogP contribution in [0, 0.1) is 0 Å². The van der Waals surface area contributed by atoms with Crippen molar-refractivity contribution < 1.29 is 14.3 Å². The summed E-state index contributed by atoms with van der Waals surface area (Å²) < 4.78 is 6.76. The van der Waals surface area contributed by atoms with Gasteiger partial charge < -0.3 is 4.74 Å². The van der Waals surface area contributed by atoms with E-state index in [1.54, 1.807) is 24.3 Å². The fraction of sp³-hybridized carbons (Fsp3) is 0.143. The zero-order valence-corrected chi connectivity index (χ0v) is 19.3. The van der Waals surface area contributed by atoms with Gasteiger partial charge in [0.05, 0.1) is 9.38 Å². The van der Waals surface area contributed by atoms with Crippen LogP contribution in [0.3, 0.4) is 0 Å². The highest BCUT2D eigenvalue weighted by Crippen LogP contribution is 2.36. The number of likely N-dealkylation sites (N-methyl/N-ethyl adjacent to an activating group) is 1. The smallest absolute Gasteiger partial charge is 0.293 e. The number of carbonyl (C=O) groups is 2. The molecule has 3 rings (SSSR count). The van der Waals surface area contributed by atoms with Crippen molar-refractivity contribution in [2.24, 2.45) is 0 Å². The number of hydrogen-bond acceptors (Lipinski definition) is 4. The van der Waals surface area contributed by atoms with Gasteiger partial charge >= 0.3 is 0 Å². The zero-order valence-electron chi connectivity index (χ0n) is 15.4. The van der Waals surface area contributed by atoms with Gasteiger partial charge in [-0.2, -0.15) is 0 Å². The van der Waals surface area contributed by atoms with Gasteiger partial charge in [-0.3, -0.25) is 14.5 Å². The van der Waals surface area contributed by atoms with Crippen LogP contribution >= 0.6 is 50.9 Å². The molecule has 2 aromatic carbocycles. The number of nitrogens with zero attached hydrogens (tertiary/aromatic N) is 1. The average Bonchev–Trinajstić information content (AvgIpc) is 2.89. The monoisotopic (exact) mass is 511 g/mol. The van der Waals surface area contributed by atoms with E-state index in [-0.39, 0.29) is 17.8 Å². The van der Waals surface area contributed by atoms with E-state index in [1.165, 1.54) is 7.05 Å². The molecule has 2 aromatic rings. The molecule has 1 aliphatic heterocycles. The third kappa shape index (κ3) is 5.07. The highest BCUT2D eigenvalue weighted by molar-refractivity contribution is 9.10. The first-order chi connectivity index (χ1) is 13.8. The van der Waals surface area contributed by atoms with Crippen molar-refractivity contribution in [2.75, 3.05) is 7.05 Å². The molecule has 1 fully saturated rings. The van der Waals surface area contributed by atoms with Gasteiger partial charge in [-0.1, -0.05) is 35.3 Å². The zero-order chi connectivity index (χ0) is 21.1. The minimum absolute atomic E-state index is 0.271. The third-order valence-corrected chi connectivity index (χ3v) is 6.32. The van der Waals surface area contributed by atoms with E-state index >= 15 is 0 Å². The van der Waals surface area contributed by atoms with E-state index < -0.39 is 0 Å². The number of thioether (sulfide) groups is 1. The van der Waals surface area contributed by atoms with Crippen LogP contribution in [-0.4, -0.2) is 23.1 Å². The van der Waals surface area contributed by atoms with Crippen LogP contribution in [0.2, 0.25) is 10.0 Å². The summed E-state index contributed by atoms with van der Waals surface area (Å²) in [6.45, 7) is 4.07. The lowest BCUT2D eigenvalue weighted by Gasteiger charge is -2.15. The number of halogens is 3. The van der Waals surface area contributed by atoms with Crippen LogP contribution < -0.4 is 4.74 Å². The standard InChI is InChI=1S/C21H16BrCl2NO3S/c1-3-4-13-7-12(9-18-20(26)25(2)21(27)29-18)8-16(22)19(13)28-11-14-5-6-15(23)10-17(14)24/h3,5-10H,1,4,11H2,2H3/b18-9-. The van der Waals surface area contributed by atoms with Crippen molar-refractivity contribution in [1.29, 1.82) is 0 Å². The lowest BCUT2D eigenvalue weighted by Crippen LogP contribution is -2.22. The summed E-state index contributed by atoms with van der Waals surface area (Å²) in [5, 5.41) is 0.811. The second-order valence-corrected chi connectivity index (χ2v) is 8.94. The number of allylic oxidation sites excluding steroid dienone is 1. The molecule has 0 aliphatic carbocycles. The van der Waals surface area contributed by atoms with Gasteiger partial charge in [0, 0.05) is 22.7 Å². The molecule has 0 N–H and O–H groups in total. The molecule has 4 nitrogen and oxygen atoms in total. The van der Waals surface area contributed by atoms with Crippen LogP contribution in [0.15, 0.2) is 52.4 Å². The molecule has 1 aliphatic rings. The first-order valence-corrected chi connectivity index (χ1v) is 10.9. The third-order valence-electron chi connectivity index (χ3n) is 4.18. The number of imide groups is 1. The SMILES string of the molecule is C=CCc1cc(/C=C2\SC(=O)N(C)C2=O)cc(Br)c1OCc1ccc(Cl)cc1Cl. The number of hydrogen-bond donors (Lipinski definition) is 0. The summed E-state index contributed by atoms with van der Waals surface area (Å²) in [5.74, 6) is 0.357. The summed E-state index contributed by atoms with van der Waals surface area (Å²) in [7, 11) is 1.47. The fourth-order valence-corrected chi connectivity index (χ4v) is 4.64. The maximum atomic E-state index is 12.1. The van der Waals surface area contributed by atoms with E-state index in [9.17, 15) is 9.59 Å². The van der Waals surface area contributed by atoms with Crippen LogP contribution in [0.4, 0.5) is 4.79 Å². The number of amides is 2. The summed E-state index contributed by atoms with van der Waals surface area (Å²) in [4.78, 5) is 25.3. The maximum Gasteiger partial charge on any atom is 0.293 e. The van der Waals surface area contributed by atoms with Crippen LogP contribution in [0.1, 0.15) is 16.7 Å². The molecule has 0 aromatic heterocycles. The topological polar surface area (TPSA) is 46.6 Å². The van der Waals surface area contributed by atoms with E-state index in [2.05, 4.69) is 22.5 Å².